The molecule has 0 spiro atoms. The van der Waals surface area contributed by atoms with Gasteiger partial charge in [-0.05, 0) is 79.1 Å². The van der Waals surface area contributed by atoms with Gasteiger partial charge in [0.2, 0.25) is 0 Å². The van der Waals surface area contributed by atoms with E-state index in [-0.39, 0.29) is 17.6 Å². The van der Waals surface area contributed by atoms with Crippen molar-refractivity contribution in [1.29, 1.82) is 0 Å². The van der Waals surface area contributed by atoms with Crippen LogP contribution in [0.3, 0.4) is 0 Å². The molecule has 2 N–H and O–H groups in total. The number of rotatable bonds is 9. The second kappa shape index (κ2) is 12.4. The van der Waals surface area contributed by atoms with E-state index in [1.54, 1.807) is 48.5 Å². The Morgan fingerprint density at radius 2 is 1.62 bits per heavy atom. The van der Waals surface area contributed by atoms with Crippen molar-refractivity contribution in [2.45, 2.75) is 18.8 Å². The Kier molecular flexibility index (Phi) is 8.48. The highest BCUT2D eigenvalue weighted by atomic mass is 35.5. The number of fused-ring (bicyclic) bond motifs is 1. The Morgan fingerprint density at radius 1 is 0.950 bits per heavy atom. The number of carbonyl (C=O) groups excluding carboxylic acids is 1. The first-order chi connectivity index (χ1) is 19.4. The lowest BCUT2D eigenvalue weighted by Crippen LogP contribution is -2.25. The van der Waals surface area contributed by atoms with Gasteiger partial charge in [0.25, 0.3) is 5.91 Å². The molecule has 204 valence electrons. The first-order valence-corrected chi connectivity index (χ1v) is 13.5. The van der Waals surface area contributed by atoms with Crippen molar-refractivity contribution >= 4 is 29.1 Å². The van der Waals surface area contributed by atoms with E-state index in [4.69, 9.17) is 37.4 Å². The maximum Gasteiger partial charge on any atom is 0.251 e. The van der Waals surface area contributed by atoms with Crippen LogP contribution in [0.25, 0.3) is 0 Å². The highest BCUT2D eigenvalue weighted by molar-refractivity contribution is 6.32. The van der Waals surface area contributed by atoms with Crippen molar-refractivity contribution < 1.29 is 24.1 Å². The van der Waals surface area contributed by atoms with E-state index in [9.17, 15) is 9.90 Å². The van der Waals surface area contributed by atoms with Crippen LogP contribution in [0.4, 0.5) is 0 Å². The van der Waals surface area contributed by atoms with Crippen LogP contribution < -0.4 is 19.5 Å². The van der Waals surface area contributed by atoms with Gasteiger partial charge >= 0.3 is 0 Å². The summed E-state index contributed by atoms with van der Waals surface area (Å²) >= 11 is 12.4. The monoisotopic (exact) mass is 575 g/mol. The molecule has 1 heterocycles. The fourth-order valence-corrected chi connectivity index (χ4v) is 4.80. The zero-order valence-electron chi connectivity index (χ0n) is 21.5. The molecule has 0 aromatic heterocycles. The van der Waals surface area contributed by atoms with Crippen LogP contribution in [-0.4, -0.2) is 24.2 Å². The fourth-order valence-electron chi connectivity index (χ4n) is 4.47. The van der Waals surface area contributed by atoms with Crippen LogP contribution in [-0.2, 0) is 6.42 Å². The van der Waals surface area contributed by atoms with Crippen molar-refractivity contribution in [1.82, 2.24) is 5.32 Å². The van der Waals surface area contributed by atoms with Crippen LogP contribution in [0.5, 0.6) is 28.7 Å². The lowest BCUT2D eigenvalue weighted by molar-refractivity contribution is 0.0954. The Hall–Kier alpha value is -4.13. The van der Waals surface area contributed by atoms with Crippen molar-refractivity contribution in [2.75, 3.05) is 13.2 Å². The third kappa shape index (κ3) is 6.53. The van der Waals surface area contributed by atoms with Gasteiger partial charge in [0.15, 0.2) is 0 Å². The Bertz CT molecular complexity index is 1520. The van der Waals surface area contributed by atoms with Gasteiger partial charge in [0.1, 0.15) is 28.7 Å². The Balaban J connectivity index is 1.18. The number of carbonyl (C=O) groups is 1. The topological polar surface area (TPSA) is 77.0 Å². The number of para-hydroxylation sites is 1. The van der Waals surface area contributed by atoms with Gasteiger partial charge < -0.3 is 24.6 Å². The third-order valence-electron chi connectivity index (χ3n) is 6.54. The SMILES string of the molecule is C=C(O)C1CCOc2cc(Oc3ccc(C(=O)NCCc4ccccc4Oc4ccc(Cl)cc4)cc3)c(Cl)cc21. The van der Waals surface area contributed by atoms with Crippen LogP contribution in [0.15, 0.2) is 97.3 Å². The summed E-state index contributed by atoms with van der Waals surface area (Å²) in [6.07, 6.45) is 1.23. The number of amides is 1. The second-order valence-electron chi connectivity index (χ2n) is 9.30. The molecule has 1 unspecified atom stereocenters. The number of benzene rings is 4. The summed E-state index contributed by atoms with van der Waals surface area (Å²) in [5.74, 6) is 2.61. The molecule has 1 aliphatic rings. The van der Waals surface area contributed by atoms with Gasteiger partial charge in [-0.2, -0.15) is 0 Å². The highest BCUT2D eigenvalue weighted by Crippen LogP contribution is 2.43. The molecule has 0 radical (unpaired) electrons. The van der Waals surface area contributed by atoms with Crippen molar-refractivity contribution in [3.8, 4) is 28.7 Å². The number of aliphatic hydroxyl groups is 1. The molecule has 4 aromatic carbocycles. The summed E-state index contributed by atoms with van der Waals surface area (Å²) in [6, 6.07) is 25.1. The molecule has 1 aliphatic heterocycles. The normalized spacial score (nSPS) is 14.0. The molecule has 4 aromatic rings. The molecule has 0 saturated heterocycles. The fraction of sp³-hybridized carbons (Fsp3) is 0.156. The maximum absolute atomic E-state index is 12.8. The average Bonchev–Trinajstić information content (AvgIpc) is 2.95. The van der Waals surface area contributed by atoms with E-state index in [0.29, 0.717) is 64.6 Å². The van der Waals surface area contributed by atoms with Crippen molar-refractivity contribution in [2.24, 2.45) is 0 Å². The molecule has 1 amide bonds. The smallest absolute Gasteiger partial charge is 0.251 e. The number of hydrogen-bond acceptors (Lipinski definition) is 5. The van der Waals surface area contributed by atoms with E-state index in [1.165, 1.54) is 0 Å². The van der Waals surface area contributed by atoms with E-state index >= 15 is 0 Å². The molecule has 5 rings (SSSR count). The number of aliphatic hydroxyl groups excluding tert-OH is 1. The summed E-state index contributed by atoms with van der Waals surface area (Å²) in [5.41, 5.74) is 2.26. The number of ether oxygens (including phenoxy) is 3. The Morgan fingerprint density at radius 3 is 2.35 bits per heavy atom. The van der Waals surface area contributed by atoms with Crippen LogP contribution in [0.1, 0.15) is 33.8 Å². The molecule has 8 heteroatoms. The summed E-state index contributed by atoms with van der Waals surface area (Å²) in [7, 11) is 0. The molecular formula is C32H27Cl2NO5. The summed E-state index contributed by atoms with van der Waals surface area (Å²) in [4.78, 5) is 12.8. The minimum Gasteiger partial charge on any atom is -0.512 e. The average molecular weight is 576 g/mol. The second-order valence-corrected chi connectivity index (χ2v) is 10.1. The zero-order valence-corrected chi connectivity index (χ0v) is 23.0. The minimum atomic E-state index is -0.224. The van der Waals surface area contributed by atoms with E-state index in [1.807, 2.05) is 36.4 Å². The third-order valence-corrected chi connectivity index (χ3v) is 7.09. The van der Waals surface area contributed by atoms with Crippen molar-refractivity contribution in [3.63, 3.8) is 0 Å². The van der Waals surface area contributed by atoms with Gasteiger partial charge in [-0.25, -0.2) is 0 Å². The molecule has 6 nitrogen and oxygen atoms in total. The lowest BCUT2D eigenvalue weighted by atomic mass is 9.92. The quantitative estimate of drug-likeness (QED) is 0.196. The summed E-state index contributed by atoms with van der Waals surface area (Å²) in [5, 5.41) is 13.9. The standard InChI is InChI=1S/C32H27Cl2NO5/c1-20(36)26-15-17-38-30-19-31(28(34)18-27(26)30)40-24-10-6-22(7-11-24)32(37)35-16-14-21-4-2-3-5-29(21)39-25-12-8-23(33)9-13-25/h2-13,18-19,26,36H,1,14-17H2,(H,35,37). The van der Waals surface area contributed by atoms with Gasteiger partial charge in [-0.1, -0.05) is 48.0 Å². The molecule has 1 atom stereocenters. The lowest BCUT2D eigenvalue weighted by Gasteiger charge is -2.26. The largest absolute Gasteiger partial charge is 0.512 e. The van der Waals surface area contributed by atoms with Gasteiger partial charge in [-0.15, -0.1) is 0 Å². The summed E-state index contributed by atoms with van der Waals surface area (Å²) < 4.78 is 17.7. The summed E-state index contributed by atoms with van der Waals surface area (Å²) in [6.45, 7) is 4.56. The molecule has 0 saturated carbocycles. The minimum absolute atomic E-state index is 0.0821. The van der Waals surface area contributed by atoms with Gasteiger partial charge in [-0.3, -0.25) is 4.79 Å². The molecule has 0 fully saturated rings. The van der Waals surface area contributed by atoms with E-state index in [0.717, 1.165) is 16.9 Å². The predicted octanol–water partition coefficient (Wildman–Crippen LogP) is 8.49. The first-order valence-electron chi connectivity index (χ1n) is 12.8. The number of hydrogen-bond donors (Lipinski definition) is 2. The highest BCUT2D eigenvalue weighted by Gasteiger charge is 2.26. The zero-order chi connectivity index (χ0) is 28.1. The van der Waals surface area contributed by atoms with Gasteiger partial charge in [0.05, 0.1) is 17.4 Å². The maximum atomic E-state index is 12.8. The number of nitrogens with one attached hydrogen (secondary N) is 1. The molecule has 0 aliphatic carbocycles. The number of halogens is 2. The number of allylic oxidation sites excluding steroid dienone is 1. The predicted molar refractivity (Wildman–Crippen MR) is 157 cm³/mol. The molecule has 0 bridgehead atoms. The first kappa shape index (κ1) is 27.4. The molecular weight excluding hydrogens is 549 g/mol. The molecule has 40 heavy (non-hydrogen) atoms. The van der Waals surface area contributed by atoms with E-state index < -0.39 is 0 Å². The van der Waals surface area contributed by atoms with Crippen LogP contribution in [0, 0.1) is 0 Å². The van der Waals surface area contributed by atoms with Crippen LogP contribution in [0.2, 0.25) is 10.0 Å². The van der Waals surface area contributed by atoms with Crippen LogP contribution >= 0.6 is 23.2 Å². The van der Waals surface area contributed by atoms with Crippen molar-refractivity contribution in [3.05, 3.63) is 124 Å². The Labute approximate surface area is 242 Å². The van der Waals surface area contributed by atoms with Gasteiger partial charge in [0, 0.05) is 34.7 Å². The van der Waals surface area contributed by atoms with E-state index in [2.05, 4.69) is 11.9 Å².